The van der Waals surface area contributed by atoms with Crippen molar-refractivity contribution in [2.24, 2.45) is 17.3 Å². The van der Waals surface area contributed by atoms with E-state index in [-0.39, 0.29) is 0 Å². The lowest BCUT2D eigenvalue weighted by Gasteiger charge is -2.51. The van der Waals surface area contributed by atoms with E-state index in [1.807, 2.05) is 6.07 Å². The molecule has 23 heavy (non-hydrogen) atoms. The van der Waals surface area contributed by atoms with Crippen molar-refractivity contribution in [3.63, 3.8) is 0 Å². The van der Waals surface area contributed by atoms with E-state index in [2.05, 4.69) is 37.9 Å². The fourth-order valence-corrected chi connectivity index (χ4v) is 7.40. The Balaban J connectivity index is 1.69. The van der Waals surface area contributed by atoms with Crippen LogP contribution in [-0.4, -0.2) is 14.8 Å². The quantitative estimate of drug-likeness (QED) is 0.595. The number of hydrogen-bond donors (Lipinski definition) is 1. The number of aryl methyl sites for hydroxylation is 1. The van der Waals surface area contributed by atoms with Gasteiger partial charge in [0.05, 0.1) is 9.30 Å². The molecule has 2 nitrogen and oxygen atoms in total. The summed E-state index contributed by atoms with van der Waals surface area (Å²) in [6.45, 7) is 0. The molecule has 0 bridgehead atoms. The molecule has 1 aromatic carbocycles. The monoisotopic (exact) mass is 440 g/mol. The maximum atomic E-state index is 11.2. The molecule has 124 valence electrons. The predicted octanol–water partition coefficient (Wildman–Crippen LogP) is 5.73. The predicted molar refractivity (Wildman–Crippen MR) is 98.6 cm³/mol. The first-order chi connectivity index (χ1) is 11.0. The fraction of sp³-hybridized carbons (Fsp3) is 0.632. The van der Waals surface area contributed by atoms with Gasteiger partial charge in [0.25, 0.3) is 0 Å². The number of fused-ring (bicyclic) bond motifs is 5. The van der Waals surface area contributed by atoms with E-state index in [0.717, 1.165) is 18.3 Å². The molecule has 1 aromatic rings. The fourth-order valence-electron chi connectivity index (χ4n) is 5.80. The van der Waals surface area contributed by atoms with Crippen LogP contribution in [-0.2, 0) is 6.42 Å². The zero-order valence-corrected chi connectivity index (χ0v) is 16.3. The van der Waals surface area contributed by atoms with Crippen LogP contribution in [0, 0.1) is 17.3 Å². The Labute approximate surface area is 154 Å². The second kappa shape index (κ2) is 5.87. The maximum absolute atomic E-state index is 11.2. The van der Waals surface area contributed by atoms with E-state index in [1.54, 1.807) is 6.07 Å². The number of alkyl halides is 2. The van der Waals surface area contributed by atoms with E-state index in [9.17, 15) is 9.90 Å². The molecule has 0 saturated heterocycles. The van der Waals surface area contributed by atoms with Crippen LogP contribution in [0.1, 0.15) is 65.9 Å². The van der Waals surface area contributed by atoms with Crippen LogP contribution in [0.15, 0.2) is 18.2 Å². The minimum atomic E-state index is -0.810. The Bertz CT molecular complexity index is 642. The summed E-state index contributed by atoms with van der Waals surface area (Å²) in [5.74, 6) is 1.40. The van der Waals surface area contributed by atoms with Crippen molar-refractivity contribution < 1.29 is 9.90 Å². The van der Waals surface area contributed by atoms with Gasteiger partial charge in [-0.2, -0.15) is 0 Å². The molecule has 4 atom stereocenters. The van der Waals surface area contributed by atoms with Gasteiger partial charge in [-0.1, -0.05) is 44.3 Å². The van der Waals surface area contributed by atoms with E-state index < -0.39 is 5.97 Å². The molecule has 0 heterocycles. The highest BCUT2D eigenvalue weighted by Crippen LogP contribution is 2.64. The molecule has 0 amide bonds. The number of carboxylic acid groups (broad SMARTS) is 1. The average molecular weight is 442 g/mol. The van der Waals surface area contributed by atoms with Gasteiger partial charge in [-0.05, 0) is 85.0 Å². The summed E-state index contributed by atoms with van der Waals surface area (Å²) in [5.41, 5.74) is 3.59. The van der Waals surface area contributed by atoms with Crippen molar-refractivity contribution in [2.75, 3.05) is 0 Å². The minimum absolute atomic E-state index is 0.423. The molecule has 4 heteroatoms. The summed E-state index contributed by atoms with van der Waals surface area (Å²) in [7, 11) is 0. The van der Waals surface area contributed by atoms with Crippen molar-refractivity contribution in [3.8, 4) is 0 Å². The van der Waals surface area contributed by atoms with Crippen molar-refractivity contribution in [1.29, 1.82) is 0 Å². The molecule has 2 fully saturated rings. The smallest absolute Gasteiger partial charge is 0.335 e. The average Bonchev–Trinajstić information content (AvgIpc) is 2.99. The number of carbonyl (C=O) groups is 1. The molecule has 1 N–H and O–H groups in total. The molecular weight excluding hydrogens is 420 g/mol. The first-order valence-corrected chi connectivity index (χ1v) is 10.5. The van der Waals surface area contributed by atoms with Crippen LogP contribution in [0.3, 0.4) is 0 Å². The topological polar surface area (TPSA) is 37.3 Å². The van der Waals surface area contributed by atoms with Crippen molar-refractivity contribution in [2.45, 2.75) is 54.6 Å². The molecule has 3 aliphatic rings. The van der Waals surface area contributed by atoms with Crippen molar-refractivity contribution in [3.05, 3.63) is 34.9 Å². The highest BCUT2D eigenvalue weighted by atomic mass is 79.9. The van der Waals surface area contributed by atoms with Gasteiger partial charge < -0.3 is 5.11 Å². The van der Waals surface area contributed by atoms with Crippen LogP contribution in [0.25, 0.3) is 0 Å². The Morgan fingerprint density at radius 2 is 2.04 bits per heavy atom. The molecule has 0 unspecified atom stereocenters. The van der Waals surface area contributed by atoms with Gasteiger partial charge in [-0.25, -0.2) is 4.79 Å². The number of hydrogen-bond acceptors (Lipinski definition) is 1. The van der Waals surface area contributed by atoms with Gasteiger partial charge in [-0.15, -0.1) is 0 Å². The van der Waals surface area contributed by atoms with Crippen molar-refractivity contribution in [1.82, 2.24) is 0 Å². The van der Waals surface area contributed by atoms with E-state index in [1.165, 1.54) is 49.7 Å². The maximum Gasteiger partial charge on any atom is 0.335 e. The molecule has 3 aliphatic carbocycles. The Morgan fingerprint density at radius 3 is 2.78 bits per heavy atom. The normalized spacial score (nSPS) is 35.5. The number of carboxylic acids is 1. The van der Waals surface area contributed by atoms with Crippen LogP contribution >= 0.6 is 31.9 Å². The summed E-state index contributed by atoms with van der Waals surface area (Å²) in [6.07, 6.45) is 8.84. The second-order valence-electron chi connectivity index (χ2n) is 7.60. The number of halogens is 2. The summed E-state index contributed by atoms with van der Waals surface area (Å²) in [6, 6.07) is 5.83. The van der Waals surface area contributed by atoms with Crippen molar-refractivity contribution >= 4 is 37.8 Å². The first-order valence-electron chi connectivity index (χ1n) is 8.67. The van der Waals surface area contributed by atoms with Crippen LogP contribution < -0.4 is 0 Å². The Morgan fingerprint density at radius 1 is 1.22 bits per heavy atom. The zero-order chi connectivity index (χ0) is 16.2. The van der Waals surface area contributed by atoms with Gasteiger partial charge in [0.15, 0.2) is 0 Å². The molecule has 4 rings (SSSR count). The lowest BCUT2D eigenvalue weighted by molar-refractivity contribution is 0.0598. The highest BCUT2D eigenvalue weighted by molar-refractivity contribution is 9.24. The van der Waals surface area contributed by atoms with E-state index in [4.69, 9.17) is 0 Å². The summed E-state index contributed by atoms with van der Waals surface area (Å²) < 4.78 is 0.423. The number of rotatable bonds is 2. The third kappa shape index (κ3) is 2.43. The molecule has 0 aromatic heterocycles. The van der Waals surface area contributed by atoms with E-state index >= 15 is 0 Å². The molecule has 0 aliphatic heterocycles. The van der Waals surface area contributed by atoms with Crippen LogP contribution in [0.4, 0.5) is 0 Å². The van der Waals surface area contributed by atoms with Gasteiger partial charge in [0.2, 0.25) is 0 Å². The van der Waals surface area contributed by atoms with Gasteiger partial charge in [0.1, 0.15) is 0 Å². The van der Waals surface area contributed by atoms with Gasteiger partial charge in [-0.3, -0.25) is 0 Å². The minimum Gasteiger partial charge on any atom is -0.478 e. The lowest BCUT2D eigenvalue weighted by Crippen LogP contribution is -2.44. The van der Waals surface area contributed by atoms with Gasteiger partial charge in [0, 0.05) is 0 Å². The summed E-state index contributed by atoms with van der Waals surface area (Å²) >= 11 is 7.72. The lowest BCUT2D eigenvalue weighted by atomic mass is 9.56. The number of aromatic carboxylic acids is 1. The molecule has 2 saturated carbocycles. The number of benzene rings is 1. The summed E-state index contributed by atoms with van der Waals surface area (Å²) in [5, 5.41) is 9.23. The third-order valence-electron chi connectivity index (χ3n) is 6.82. The van der Waals surface area contributed by atoms with E-state index in [0.29, 0.717) is 20.6 Å². The second-order valence-corrected chi connectivity index (χ2v) is 10.7. The highest BCUT2D eigenvalue weighted by Gasteiger charge is 2.55. The Kier molecular flexibility index (Phi) is 4.12. The van der Waals surface area contributed by atoms with Gasteiger partial charge >= 0.3 is 5.97 Å². The first kappa shape index (κ1) is 16.1. The van der Waals surface area contributed by atoms with Crippen LogP contribution in [0.5, 0.6) is 0 Å². The molecule has 0 radical (unpaired) electrons. The molecule has 0 spiro atoms. The SMILES string of the molecule is O=C(O)c1ccc2c(c1)CC[C@@H]1[C@@H]2CC[C@]2(C(Br)Br)CCC[C@@H]12. The summed E-state index contributed by atoms with van der Waals surface area (Å²) in [4.78, 5) is 11.2. The van der Waals surface area contributed by atoms with Crippen LogP contribution in [0.2, 0.25) is 0 Å². The molecular formula is C19H22Br2O2. The Hall–Kier alpha value is -0.350. The largest absolute Gasteiger partial charge is 0.478 e. The standard InChI is InChI=1S/C19H22Br2O2/c20-18(21)19-8-1-2-16(19)15-6-3-11-10-12(17(22)23)4-5-13(11)14(15)7-9-19/h4-5,10,14-16,18H,1-3,6-9H2,(H,22,23)/t14-,15-,16+,19-/m1/s1. The zero-order valence-electron chi connectivity index (χ0n) is 13.1. The third-order valence-corrected chi connectivity index (χ3v) is 8.64.